The molecule has 0 bridgehead atoms. The molecule has 0 saturated heterocycles. The highest BCUT2D eigenvalue weighted by molar-refractivity contribution is 5.70. The zero-order valence-electron chi connectivity index (χ0n) is 19.9. The number of imidazole rings is 1. The Kier molecular flexibility index (Phi) is 5.00. The maximum absolute atomic E-state index is 13.7. The third kappa shape index (κ3) is 3.48. The van der Waals surface area contributed by atoms with Gasteiger partial charge >= 0.3 is 11.6 Å². The number of nitrogens with one attached hydrogen (secondary N) is 1. The Bertz CT molecular complexity index is 1500. The van der Waals surface area contributed by atoms with Gasteiger partial charge in [-0.3, -0.25) is 13.9 Å². The van der Waals surface area contributed by atoms with Crippen LogP contribution in [0, 0.1) is 27.7 Å². The number of nitrogens with zero attached hydrogens (tertiary/aromatic N) is 4. The molecule has 0 aliphatic carbocycles. The van der Waals surface area contributed by atoms with Gasteiger partial charge in [0.1, 0.15) is 5.69 Å². The van der Waals surface area contributed by atoms with E-state index in [2.05, 4.69) is 41.9 Å². The van der Waals surface area contributed by atoms with Gasteiger partial charge in [-0.2, -0.15) is 0 Å². The summed E-state index contributed by atoms with van der Waals surface area (Å²) >= 11 is 0. The van der Waals surface area contributed by atoms with Gasteiger partial charge in [-0.1, -0.05) is 29.8 Å². The number of aromatic amines is 1. The van der Waals surface area contributed by atoms with E-state index in [1.165, 1.54) is 15.7 Å². The highest BCUT2D eigenvalue weighted by Crippen LogP contribution is 2.28. The Labute approximate surface area is 192 Å². The summed E-state index contributed by atoms with van der Waals surface area (Å²) in [6.45, 7) is 10.1. The fourth-order valence-corrected chi connectivity index (χ4v) is 4.98. The van der Waals surface area contributed by atoms with Crippen LogP contribution in [0.3, 0.4) is 0 Å². The molecule has 0 atom stereocenters. The number of fused-ring (bicyclic) bond motifs is 3. The van der Waals surface area contributed by atoms with Crippen LogP contribution >= 0.6 is 0 Å². The van der Waals surface area contributed by atoms with E-state index in [1.54, 1.807) is 11.6 Å². The molecule has 1 aliphatic heterocycles. The first-order chi connectivity index (χ1) is 15.7. The minimum atomic E-state index is -0.314. The number of H-pyrrole nitrogens is 1. The molecule has 1 aliphatic rings. The van der Waals surface area contributed by atoms with Crippen LogP contribution in [0.1, 0.15) is 34.2 Å². The molecule has 0 fully saturated rings. The Morgan fingerprint density at radius 3 is 2.42 bits per heavy atom. The monoisotopic (exact) mass is 444 g/mol. The van der Waals surface area contributed by atoms with E-state index in [0.717, 1.165) is 47.8 Å². The molecular weight excluding hydrogens is 414 g/mol. The molecular formula is C26H30N5O2+. The van der Waals surface area contributed by atoms with Crippen molar-refractivity contribution in [2.75, 3.05) is 11.4 Å². The molecule has 0 amide bonds. The van der Waals surface area contributed by atoms with Gasteiger partial charge in [-0.05, 0) is 62.1 Å². The number of hydrogen-bond acceptors (Lipinski definition) is 3. The van der Waals surface area contributed by atoms with Crippen LogP contribution in [0.5, 0.6) is 0 Å². The maximum Gasteiger partial charge on any atom is 0.364 e. The molecule has 0 unspecified atom stereocenters. The van der Waals surface area contributed by atoms with Crippen molar-refractivity contribution in [2.45, 2.75) is 47.2 Å². The first-order valence-corrected chi connectivity index (χ1v) is 11.4. The van der Waals surface area contributed by atoms with Crippen LogP contribution in [0.25, 0.3) is 11.2 Å². The van der Waals surface area contributed by atoms with Gasteiger partial charge < -0.3 is 0 Å². The Hall–Kier alpha value is -3.61. The highest BCUT2D eigenvalue weighted by Gasteiger charge is 2.33. The van der Waals surface area contributed by atoms with Gasteiger partial charge in [0.15, 0.2) is 0 Å². The van der Waals surface area contributed by atoms with Crippen LogP contribution in [0.15, 0.2) is 46.0 Å². The number of aryl methyl sites for hydroxylation is 6. The Morgan fingerprint density at radius 1 is 0.970 bits per heavy atom. The molecule has 33 heavy (non-hydrogen) atoms. The predicted molar refractivity (Wildman–Crippen MR) is 131 cm³/mol. The first-order valence-electron chi connectivity index (χ1n) is 11.4. The molecule has 0 spiro atoms. The van der Waals surface area contributed by atoms with Crippen molar-refractivity contribution in [1.29, 1.82) is 0 Å². The summed E-state index contributed by atoms with van der Waals surface area (Å²) in [6.07, 6.45) is 0.914. The second kappa shape index (κ2) is 7.76. The van der Waals surface area contributed by atoms with E-state index >= 15 is 0 Å². The summed E-state index contributed by atoms with van der Waals surface area (Å²) in [7, 11) is 1.73. The van der Waals surface area contributed by atoms with Crippen LogP contribution < -0.4 is 20.7 Å². The van der Waals surface area contributed by atoms with Gasteiger partial charge in [0, 0.05) is 13.5 Å². The van der Waals surface area contributed by atoms with Crippen LogP contribution in [-0.4, -0.2) is 20.7 Å². The summed E-state index contributed by atoms with van der Waals surface area (Å²) in [4.78, 5) is 32.5. The summed E-state index contributed by atoms with van der Waals surface area (Å²) in [5, 5.41) is 0. The van der Waals surface area contributed by atoms with Gasteiger partial charge in [-0.15, -0.1) is 0 Å². The van der Waals surface area contributed by atoms with Gasteiger partial charge in [0.25, 0.3) is 5.56 Å². The largest absolute Gasteiger partial charge is 0.364 e. The van der Waals surface area contributed by atoms with E-state index in [9.17, 15) is 9.59 Å². The maximum atomic E-state index is 13.7. The van der Waals surface area contributed by atoms with Crippen LogP contribution in [0.4, 0.5) is 11.6 Å². The van der Waals surface area contributed by atoms with Crippen LogP contribution in [0.2, 0.25) is 0 Å². The van der Waals surface area contributed by atoms with E-state index in [0.29, 0.717) is 11.2 Å². The van der Waals surface area contributed by atoms with Crippen molar-refractivity contribution < 1.29 is 4.57 Å². The molecule has 7 heteroatoms. The predicted octanol–water partition coefficient (Wildman–Crippen LogP) is 3.14. The Balaban J connectivity index is 1.71. The fraction of sp³-hybridized carbons (Fsp3) is 0.346. The van der Waals surface area contributed by atoms with Crippen molar-refractivity contribution in [3.05, 3.63) is 85.1 Å². The van der Waals surface area contributed by atoms with E-state index in [-0.39, 0.29) is 17.8 Å². The molecule has 0 saturated carbocycles. The number of rotatable bonds is 3. The summed E-state index contributed by atoms with van der Waals surface area (Å²) < 4.78 is 4.96. The van der Waals surface area contributed by atoms with Gasteiger partial charge in [0.05, 0.1) is 19.6 Å². The lowest BCUT2D eigenvalue weighted by atomic mass is 10.1. The average molecular weight is 445 g/mol. The third-order valence-electron chi connectivity index (χ3n) is 6.65. The Morgan fingerprint density at radius 2 is 1.70 bits per heavy atom. The second-order valence-electron chi connectivity index (χ2n) is 9.31. The topological polar surface area (TPSA) is 66.9 Å². The van der Waals surface area contributed by atoms with Crippen molar-refractivity contribution in [2.24, 2.45) is 7.05 Å². The van der Waals surface area contributed by atoms with E-state index in [1.807, 2.05) is 36.6 Å². The van der Waals surface area contributed by atoms with E-state index in [4.69, 9.17) is 0 Å². The molecule has 2 aromatic heterocycles. The van der Waals surface area contributed by atoms with Gasteiger partial charge in [0.2, 0.25) is 11.2 Å². The third-order valence-corrected chi connectivity index (χ3v) is 6.65. The summed E-state index contributed by atoms with van der Waals surface area (Å²) in [5.41, 5.74) is 7.19. The molecule has 7 nitrogen and oxygen atoms in total. The molecule has 170 valence electrons. The average Bonchev–Trinajstić information content (AvgIpc) is 3.17. The zero-order chi connectivity index (χ0) is 23.4. The minimum Gasteiger partial charge on any atom is -0.267 e. The first kappa shape index (κ1) is 21.2. The molecule has 1 N–H and O–H groups in total. The van der Waals surface area contributed by atoms with Crippen molar-refractivity contribution in [1.82, 2.24) is 14.1 Å². The quantitative estimate of drug-likeness (QED) is 0.494. The normalized spacial score (nSPS) is 13.5. The zero-order valence-corrected chi connectivity index (χ0v) is 19.9. The lowest BCUT2D eigenvalue weighted by Gasteiger charge is -2.22. The molecule has 3 heterocycles. The van der Waals surface area contributed by atoms with E-state index < -0.39 is 0 Å². The molecule has 4 aromatic rings. The lowest BCUT2D eigenvalue weighted by molar-refractivity contribution is -0.663. The number of aromatic nitrogens is 4. The molecule has 0 radical (unpaired) electrons. The summed E-state index contributed by atoms with van der Waals surface area (Å²) in [6, 6.07) is 12.6. The fourth-order valence-electron chi connectivity index (χ4n) is 4.98. The number of hydrogen-bond donors (Lipinski definition) is 1. The standard InChI is InChI=1S/C26H29N5O2/c1-16-7-8-19(4)20(12-16)15-31-24(32)22-23(28(5)26(31)33)27-25-29(9-6-10-30(22)25)21-13-17(2)11-18(3)14-21/h7-8,11-14H,6,9-10,15H2,1-5H3/p+1. The molecule has 2 aromatic carbocycles. The minimum absolute atomic E-state index is 0.251. The highest BCUT2D eigenvalue weighted by atomic mass is 16.2. The van der Waals surface area contributed by atoms with Crippen LogP contribution in [-0.2, 0) is 20.1 Å². The molecule has 5 rings (SSSR count). The SMILES string of the molecule is Cc1cc(C)cc(N2CCC[n+]3c2[nH]c2c3c(=O)n(Cc3cc(C)ccc3C)c(=O)n2C)c1. The van der Waals surface area contributed by atoms with Crippen molar-refractivity contribution in [3.63, 3.8) is 0 Å². The van der Waals surface area contributed by atoms with Gasteiger partial charge in [-0.25, -0.2) is 19.2 Å². The van der Waals surface area contributed by atoms with Crippen molar-refractivity contribution >= 4 is 22.8 Å². The lowest BCUT2D eigenvalue weighted by Crippen LogP contribution is -2.49. The van der Waals surface area contributed by atoms with Crippen molar-refractivity contribution in [3.8, 4) is 0 Å². The summed E-state index contributed by atoms with van der Waals surface area (Å²) in [5.74, 6) is 0.845. The smallest absolute Gasteiger partial charge is 0.267 e. The second-order valence-corrected chi connectivity index (χ2v) is 9.31. The number of anilines is 2. The number of benzene rings is 2.